The number of benzene rings is 3. The average molecular weight is 423 g/mol. The van der Waals surface area contributed by atoms with Crippen LogP contribution in [-0.2, 0) is 6.54 Å². The number of aromatic amines is 1. The van der Waals surface area contributed by atoms with Crippen LogP contribution < -0.4 is 4.90 Å². The Hall–Kier alpha value is -2.54. The normalized spacial score (nSPS) is 12.5. The Morgan fingerprint density at radius 1 is 0.893 bits per heavy atom. The summed E-state index contributed by atoms with van der Waals surface area (Å²) in [6.45, 7) is 0.588. The molecule has 4 aromatic rings. The Labute approximate surface area is 176 Å². The fraction of sp³-hybridized carbons (Fsp3) is 0.0476. The van der Waals surface area contributed by atoms with E-state index in [4.69, 9.17) is 23.8 Å². The predicted molar refractivity (Wildman–Crippen MR) is 117 cm³/mol. The van der Waals surface area contributed by atoms with Gasteiger partial charge in [-0.1, -0.05) is 47.6 Å². The number of rotatable bonds is 3. The topological polar surface area (TPSA) is 36.9 Å². The standard InChI is InChI=1S/C21H15ClN4S2/c22-14-9-11-15(12-10-14)26-20(23-24-21(26)27)13-25-16-5-1-3-7-18(16)28-19-8-4-2-6-17(19)25/h1-12H,13H2,(H,24,27). The van der Waals surface area contributed by atoms with Gasteiger partial charge >= 0.3 is 0 Å². The number of para-hydroxylation sites is 2. The van der Waals surface area contributed by atoms with Crippen LogP contribution in [0.1, 0.15) is 5.82 Å². The maximum absolute atomic E-state index is 6.05. The zero-order valence-corrected chi connectivity index (χ0v) is 17.1. The second-order valence-electron chi connectivity index (χ2n) is 6.38. The first-order valence-corrected chi connectivity index (χ1v) is 10.4. The fourth-order valence-corrected chi connectivity index (χ4v) is 4.86. The summed E-state index contributed by atoms with van der Waals surface area (Å²) < 4.78 is 2.52. The third kappa shape index (κ3) is 3.03. The van der Waals surface area contributed by atoms with Crippen molar-refractivity contribution in [2.45, 2.75) is 16.3 Å². The molecular formula is C21H15ClN4S2. The second-order valence-corrected chi connectivity index (χ2v) is 8.29. The highest BCUT2D eigenvalue weighted by Crippen LogP contribution is 2.48. The van der Waals surface area contributed by atoms with Crippen LogP contribution in [-0.4, -0.2) is 14.8 Å². The van der Waals surface area contributed by atoms with Crippen molar-refractivity contribution in [3.63, 3.8) is 0 Å². The maximum atomic E-state index is 6.05. The fourth-order valence-electron chi connectivity index (χ4n) is 3.38. The molecule has 0 saturated carbocycles. The van der Waals surface area contributed by atoms with Crippen molar-refractivity contribution < 1.29 is 0 Å². The van der Waals surface area contributed by atoms with Gasteiger partial charge in [-0.2, -0.15) is 5.10 Å². The van der Waals surface area contributed by atoms with Gasteiger partial charge in [0.2, 0.25) is 0 Å². The minimum atomic E-state index is 0.560. The van der Waals surface area contributed by atoms with E-state index in [0.717, 1.165) is 11.5 Å². The van der Waals surface area contributed by atoms with E-state index in [1.807, 2.05) is 28.8 Å². The van der Waals surface area contributed by atoms with E-state index >= 15 is 0 Å². The number of hydrogen-bond acceptors (Lipinski definition) is 4. The lowest BCUT2D eigenvalue weighted by Crippen LogP contribution is -2.22. The van der Waals surface area contributed by atoms with Crippen LogP contribution in [0.3, 0.4) is 0 Å². The van der Waals surface area contributed by atoms with Gasteiger partial charge in [-0.25, -0.2) is 0 Å². The monoisotopic (exact) mass is 422 g/mol. The Kier molecular flexibility index (Phi) is 4.47. The molecule has 0 radical (unpaired) electrons. The Morgan fingerprint density at radius 2 is 1.50 bits per heavy atom. The summed E-state index contributed by atoms with van der Waals surface area (Å²) in [6.07, 6.45) is 0. The highest BCUT2D eigenvalue weighted by atomic mass is 35.5. The van der Waals surface area contributed by atoms with Crippen LogP contribution in [0.25, 0.3) is 5.69 Å². The van der Waals surface area contributed by atoms with Gasteiger partial charge in [0, 0.05) is 20.5 Å². The first-order chi connectivity index (χ1) is 13.7. The summed E-state index contributed by atoms with van der Waals surface area (Å²) in [4.78, 5) is 4.75. The van der Waals surface area contributed by atoms with Gasteiger partial charge in [0.15, 0.2) is 10.6 Å². The first-order valence-electron chi connectivity index (χ1n) is 8.76. The van der Waals surface area contributed by atoms with Crippen LogP contribution in [0.15, 0.2) is 82.6 Å². The van der Waals surface area contributed by atoms with E-state index in [2.05, 4.69) is 63.6 Å². The molecule has 3 aromatic carbocycles. The number of hydrogen-bond donors (Lipinski definition) is 1. The SMILES string of the molecule is S=c1[nH]nc(CN2c3ccccc3Sc3ccccc32)n1-c1ccc(Cl)cc1. The number of aromatic nitrogens is 3. The number of halogens is 1. The molecule has 2 heterocycles. The molecule has 1 N–H and O–H groups in total. The number of fused-ring (bicyclic) bond motifs is 2. The number of anilines is 2. The summed E-state index contributed by atoms with van der Waals surface area (Å²) in [7, 11) is 0. The average Bonchev–Trinajstić information content (AvgIpc) is 3.08. The number of H-pyrrole nitrogens is 1. The van der Waals surface area contributed by atoms with Crippen LogP contribution in [0.2, 0.25) is 5.02 Å². The molecule has 4 nitrogen and oxygen atoms in total. The van der Waals surface area contributed by atoms with Gasteiger partial charge in [0.1, 0.15) is 0 Å². The number of nitrogens with zero attached hydrogens (tertiary/aromatic N) is 3. The Bertz CT molecular complexity index is 1170. The lowest BCUT2D eigenvalue weighted by atomic mass is 10.2. The molecule has 28 heavy (non-hydrogen) atoms. The lowest BCUT2D eigenvalue weighted by Gasteiger charge is -2.32. The molecule has 1 aromatic heterocycles. The highest BCUT2D eigenvalue weighted by Gasteiger charge is 2.24. The van der Waals surface area contributed by atoms with E-state index in [-0.39, 0.29) is 0 Å². The Balaban J connectivity index is 1.62. The minimum Gasteiger partial charge on any atom is -0.332 e. The van der Waals surface area contributed by atoms with Crippen molar-refractivity contribution in [2.75, 3.05) is 4.90 Å². The smallest absolute Gasteiger partial charge is 0.199 e. The highest BCUT2D eigenvalue weighted by molar-refractivity contribution is 7.99. The van der Waals surface area contributed by atoms with Crippen LogP contribution in [0, 0.1) is 4.77 Å². The van der Waals surface area contributed by atoms with Crippen LogP contribution in [0.5, 0.6) is 0 Å². The van der Waals surface area contributed by atoms with Gasteiger partial charge < -0.3 is 4.90 Å². The van der Waals surface area contributed by atoms with E-state index in [9.17, 15) is 0 Å². The van der Waals surface area contributed by atoms with E-state index in [0.29, 0.717) is 16.3 Å². The van der Waals surface area contributed by atoms with Crippen LogP contribution >= 0.6 is 35.6 Å². The van der Waals surface area contributed by atoms with Crippen LogP contribution in [0.4, 0.5) is 11.4 Å². The van der Waals surface area contributed by atoms with Crippen molar-refractivity contribution in [1.82, 2.24) is 14.8 Å². The third-order valence-electron chi connectivity index (χ3n) is 4.66. The van der Waals surface area contributed by atoms with E-state index in [1.54, 1.807) is 11.8 Å². The summed E-state index contributed by atoms with van der Waals surface area (Å²) >= 11 is 13.3. The van der Waals surface area contributed by atoms with Crippen molar-refractivity contribution in [2.24, 2.45) is 0 Å². The molecule has 138 valence electrons. The molecule has 0 saturated heterocycles. The zero-order chi connectivity index (χ0) is 19.1. The Morgan fingerprint density at radius 3 is 2.14 bits per heavy atom. The number of nitrogens with one attached hydrogen (secondary N) is 1. The molecule has 0 aliphatic carbocycles. The molecule has 1 aliphatic rings. The molecule has 0 spiro atoms. The third-order valence-corrected chi connectivity index (χ3v) is 6.31. The lowest BCUT2D eigenvalue weighted by molar-refractivity contribution is 0.816. The van der Waals surface area contributed by atoms with Gasteiger partial charge in [-0.15, -0.1) is 0 Å². The molecule has 0 fully saturated rings. The molecule has 0 bridgehead atoms. The predicted octanol–water partition coefficient (Wildman–Crippen LogP) is 6.39. The van der Waals surface area contributed by atoms with Crippen molar-refractivity contribution in [3.8, 4) is 5.69 Å². The van der Waals surface area contributed by atoms with Crippen molar-refractivity contribution >= 4 is 47.0 Å². The van der Waals surface area contributed by atoms with E-state index < -0.39 is 0 Å². The quantitative estimate of drug-likeness (QED) is 0.388. The molecule has 0 amide bonds. The molecule has 7 heteroatoms. The van der Waals surface area contributed by atoms with Gasteiger partial charge in [0.25, 0.3) is 0 Å². The maximum Gasteiger partial charge on any atom is 0.199 e. The minimum absolute atomic E-state index is 0.560. The molecule has 5 rings (SSSR count). The summed E-state index contributed by atoms with van der Waals surface area (Å²) in [5, 5.41) is 8.15. The summed E-state index contributed by atoms with van der Waals surface area (Å²) in [6, 6.07) is 24.5. The van der Waals surface area contributed by atoms with Crippen molar-refractivity contribution in [1.29, 1.82) is 0 Å². The van der Waals surface area contributed by atoms with Crippen molar-refractivity contribution in [3.05, 3.63) is 88.4 Å². The summed E-state index contributed by atoms with van der Waals surface area (Å²) in [5.41, 5.74) is 3.27. The largest absolute Gasteiger partial charge is 0.332 e. The second kappa shape index (κ2) is 7.13. The first kappa shape index (κ1) is 17.6. The molecule has 1 aliphatic heterocycles. The molecular weight excluding hydrogens is 408 g/mol. The van der Waals surface area contributed by atoms with Gasteiger partial charge in [0.05, 0.1) is 17.9 Å². The summed E-state index contributed by atoms with van der Waals surface area (Å²) in [5.74, 6) is 0.837. The van der Waals surface area contributed by atoms with E-state index in [1.165, 1.54) is 21.2 Å². The molecule has 0 atom stereocenters. The zero-order valence-electron chi connectivity index (χ0n) is 14.7. The van der Waals surface area contributed by atoms with Gasteiger partial charge in [-0.3, -0.25) is 9.67 Å². The molecule has 0 unspecified atom stereocenters. The van der Waals surface area contributed by atoms with Gasteiger partial charge in [-0.05, 0) is 60.7 Å².